The van der Waals surface area contributed by atoms with E-state index in [0.29, 0.717) is 31.3 Å². The molecule has 2 amide bonds. The fourth-order valence-corrected chi connectivity index (χ4v) is 3.01. The molecule has 1 aliphatic heterocycles. The highest BCUT2D eigenvalue weighted by Gasteiger charge is 2.25. The van der Waals surface area contributed by atoms with Gasteiger partial charge in [0.2, 0.25) is 5.95 Å². The maximum atomic E-state index is 12.4. The first-order valence-corrected chi connectivity index (χ1v) is 8.27. The Kier molecular flexibility index (Phi) is 4.73. The molecule has 122 valence electrons. The summed E-state index contributed by atoms with van der Waals surface area (Å²) in [6, 6.07) is 1.87. The van der Waals surface area contributed by atoms with E-state index in [2.05, 4.69) is 20.7 Å². The monoisotopic (exact) mass is 333 g/mol. The van der Waals surface area contributed by atoms with E-state index >= 15 is 0 Å². The van der Waals surface area contributed by atoms with Gasteiger partial charge in [0.25, 0.3) is 0 Å². The van der Waals surface area contributed by atoms with Crippen molar-refractivity contribution in [2.45, 2.75) is 6.10 Å². The SMILES string of the molecule is CN(C)c1ncc(NC(=O)N2CCO[C@@H](c3ccsc3)C2)cn1. The second kappa shape index (κ2) is 6.93. The van der Waals surface area contributed by atoms with E-state index in [4.69, 9.17) is 4.74 Å². The number of ether oxygens (including phenoxy) is 1. The average molecular weight is 333 g/mol. The number of rotatable bonds is 3. The number of anilines is 2. The van der Waals surface area contributed by atoms with Crippen molar-refractivity contribution in [2.75, 3.05) is 44.0 Å². The molecule has 0 aromatic carbocycles. The molecule has 1 aliphatic rings. The summed E-state index contributed by atoms with van der Waals surface area (Å²) in [6.07, 6.45) is 3.15. The highest BCUT2D eigenvalue weighted by atomic mass is 32.1. The van der Waals surface area contributed by atoms with Crippen LogP contribution in [0.15, 0.2) is 29.2 Å². The molecule has 1 N–H and O–H groups in total. The van der Waals surface area contributed by atoms with E-state index in [1.54, 1.807) is 33.5 Å². The van der Waals surface area contributed by atoms with Gasteiger partial charge in [-0.2, -0.15) is 11.3 Å². The summed E-state index contributed by atoms with van der Waals surface area (Å²) >= 11 is 1.63. The first-order chi connectivity index (χ1) is 11.1. The second-order valence-electron chi connectivity index (χ2n) is 5.46. The standard InChI is InChI=1S/C15H19N5O2S/c1-19(2)14-16-7-12(8-17-14)18-15(21)20-4-5-22-13(9-20)11-3-6-23-10-11/h3,6-8,10,13H,4-5,9H2,1-2H3,(H,18,21)/t13-/m1/s1. The first-order valence-electron chi connectivity index (χ1n) is 7.32. The van der Waals surface area contributed by atoms with Crippen LogP contribution in [0.3, 0.4) is 0 Å². The normalized spacial score (nSPS) is 17.8. The number of nitrogens with one attached hydrogen (secondary N) is 1. The van der Waals surface area contributed by atoms with Gasteiger partial charge in [0.15, 0.2) is 0 Å². The summed E-state index contributed by atoms with van der Waals surface area (Å²) in [7, 11) is 3.73. The van der Waals surface area contributed by atoms with Crippen LogP contribution in [0.1, 0.15) is 11.7 Å². The zero-order valence-electron chi connectivity index (χ0n) is 13.1. The number of aromatic nitrogens is 2. The van der Waals surface area contributed by atoms with Gasteiger partial charge in [-0.25, -0.2) is 14.8 Å². The van der Waals surface area contributed by atoms with E-state index < -0.39 is 0 Å². The highest BCUT2D eigenvalue weighted by molar-refractivity contribution is 7.07. The highest BCUT2D eigenvalue weighted by Crippen LogP contribution is 2.24. The number of thiophene rings is 1. The van der Waals surface area contributed by atoms with Crippen molar-refractivity contribution in [1.82, 2.24) is 14.9 Å². The minimum absolute atomic E-state index is 0.0619. The van der Waals surface area contributed by atoms with Gasteiger partial charge < -0.3 is 19.9 Å². The second-order valence-corrected chi connectivity index (χ2v) is 6.24. The molecule has 1 atom stereocenters. The molecule has 8 heteroatoms. The van der Waals surface area contributed by atoms with Gasteiger partial charge in [-0.05, 0) is 22.4 Å². The number of morpholine rings is 1. The third kappa shape index (κ3) is 3.77. The van der Waals surface area contributed by atoms with Crippen LogP contribution in [0.25, 0.3) is 0 Å². The number of nitrogens with zero attached hydrogens (tertiary/aromatic N) is 4. The summed E-state index contributed by atoms with van der Waals surface area (Å²) in [6.45, 7) is 1.65. The van der Waals surface area contributed by atoms with Crippen molar-refractivity contribution < 1.29 is 9.53 Å². The Bertz CT molecular complexity index is 644. The summed E-state index contributed by atoms with van der Waals surface area (Å²) in [5.41, 5.74) is 1.70. The zero-order chi connectivity index (χ0) is 16.2. The molecule has 0 spiro atoms. The number of hydrogen-bond acceptors (Lipinski definition) is 6. The summed E-state index contributed by atoms with van der Waals surface area (Å²) < 4.78 is 5.75. The maximum absolute atomic E-state index is 12.4. The Morgan fingerprint density at radius 2 is 2.22 bits per heavy atom. The fraction of sp³-hybridized carbons (Fsp3) is 0.400. The average Bonchev–Trinajstić information content (AvgIpc) is 3.10. The minimum atomic E-state index is -0.158. The lowest BCUT2D eigenvalue weighted by Gasteiger charge is -2.32. The van der Waals surface area contributed by atoms with Crippen LogP contribution in [-0.2, 0) is 4.74 Å². The smallest absolute Gasteiger partial charge is 0.322 e. The van der Waals surface area contributed by atoms with E-state index in [9.17, 15) is 4.79 Å². The lowest BCUT2D eigenvalue weighted by molar-refractivity contribution is -0.0132. The van der Waals surface area contributed by atoms with Crippen LogP contribution in [0.2, 0.25) is 0 Å². The van der Waals surface area contributed by atoms with Crippen LogP contribution >= 0.6 is 11.3 Å². The molecule has 2 aromatic heterocycles. The Morgan fingerprint density at radius 1 is 1.43 bits per heavy atom. The molecule has 3 rings (SSSR count). The fourth-order valence-electron chi connectivity index (χ4n) is 2.31. The molecule has 1 fully saturated rings. The number of carbonyl (C=O) groups excluding carboxylic acids is 1. The molecule has 1 saturated heterocycles. The van der Waals surface area contributed by atoms with Gasteiger partial charge in [-0.15, -0.1) is 0 Å². The zero-order valence-corrected chi connectivity index (χ0v) is 13.9. The molecular weight excluding hydrogens is 314 g/mol. The van der Waals surface area contributed by atoms with Crippen molar-refractivity contribution in [1.29, 1.82) is 0 Å². The van der Waals surface area contributed by atoms with Crippen molar-refractivity contribution >= 4 is 29.0 Å². The first kappa shape index (κ1) is 15.7. The molecule has 0 unspecified atom stereocenters. The Labute approximate surface area is 138 Å². The van der Waals surface area contributed by atoms with Crippen molar-refractivity contribution in [3.8, 4) is 0 Å². The van der Waals surface area contributed by atoms with Crippen LogP contribution in [0.4, 0.5) is 16.4 Å². The van der Waals surface area contributed by atoms with Crippen LogP contribution in [0, 0.1) is 0 Å². The van der Waals surface area contributed by atoms with Gasteiger partial charge in [0.05, 0.1) is 31.2 Å². The van der Waals surface area contributed by atoms with Gasteiger partial charge in [0, 0.05) is 20.6 Å². The van der Waals surface area contributed by atoms with Crippen LogP contribution in [-0.4, -0.2) is 54.7 Å². The van der Waals surface area contributed by atoms with Gasteiger partial charge in [-0.1, -0.05) is 0 Å². The number of carbonyl (C=O) groups is 1. The topological polar surface area (TPSA) is 70.6 Å². The third-order valence-corrected chi connectivity index (χ3v) is 4.26. The largest absolute Gasteiger partial charge is 0.370 e. The predicted octanol–water partition coefficient (Wildman–Crippen LogP) is 2.21. The van der Waals surface area contributed by atoms with Crippen LogP contribution in [0.5, 0.6) is 0 Å². The Hall–Kier alpha value is -2.19. The predicted molar refractivity (Wildman–Crippen MR) is 90.0 cm³/mol. The summed E-state index contributed by atoms with van der Waals surface area (Å²) in [5, 5.41) is 6.90. The molecule has 7 nitrogen and oxygen atoms in total. The quantitative estimate of drug-likeness (QED) is 0.932. The number of urea groups is 1. The van der Waals surface area contributed by atoms with Crippen molar-refractivity contribution in [2.24, 2.45) is 0 Å². The molecular formula is C15H19N5O2S. The minimum Gasteiger partial charge on any atom is -0.370 e. The third-order valence-electron chi connectivity index (χ3n) is 3.56. The molecule has 23 heavy (non-hydrogen) atoms. The van der Waals surface area contributed by atoms with Crippen LogP contribution < -0.4 is 10.2 Å². The molecule has 0 radical (unpaired) electrons. The van der Waals surface area contributed by atoms with E-state index in [1.165, 1.54) is 0 Å². The van der Waals surface area contributed by atoms with E-state index in [1.807, 2.05) is 25.5 Å². The van der Waals surface area contributed by atoms with Crippen molar-refractivity contribution in [3.63, 3.8) is 0 Å². The maximum Gasteiger partial charge on any atom is 0.322 e. The van der Waals surface area contributed by atoms with Gasteiger partial charge in [0.1, 0.15) is 6.10 Å². The van der Waals surface area contributed by atoms with Crippen molar-refractivity contribution in [3.05, 3.63) is 34.8 Å². The molecule has 0 bridgehead atoms. The van der Waals surface area contributed by atoms with Gasteiger partial charge >= 0.3 is 6.03 Å². The van der Waals surface area contributed by atoms with E-state index in [0.717, 1.165) is 5.56 Å². The Balaban J connectivity index is 1.61. The lowest BCUT2D eigenvalue weighted by atomic mass is 10.1. The molecule has 0 saturated carbocycles. The van der Waals surface area contributed by atoms with E-state index in [-0.39, 0.29) is 12.1 Å². The molecule has 3 heterocycles. The number of amides is 2. The lowest BCUT2D eigenvalue weighted by Crippen LogP contribution is -2.44. The van der Waals surface area contributed by atoms with Gasteiger partial charge in [-0.3, -0.25) is 0 Å². The summed E-state index contributed by atoms with van der Waals surface area (Å²) in [5.74, 6) is 0.604. The number of hydrogen-bond donors (Lipinski definition) is 1. The Morgan fingerprint density at radius 3 is 2.87 bits per heavy atom. The molecule has 2 aromatic rings. The molecule has 0 aliphatic carbocycles. The summed E-state index contributed by atoms with van der Waals surface area (Å²) in [4.78, 5) is 24.3.